The molecule has 0 radical (unpaired) electrons. The van der Waals surface area contributed by atoms with E-state index >= 15 is 0 Å². The standard InChI is InChI=1S/C21H22ClN3O3/c1-2-28-19-9-8-15(12-16(19)22)20(26)23-10-5-11-24-21(27)18-13-14-6-3-4-7-17(14)25-18/h3-4,6-9,12-13,25H,2,5,10-11H2,1H3,(H,23,26)(H,24,27). The van der Waals surface area contributed by atoms with Crippen LogP contribution in [0.15, 0.2) is 48.5 Å². The zero-order chi connectivity index (χ0) is 19.9. The van der Waals surface area contributed by atoms with Gasteiger partial charge < -0.3 is 20.4 Å². The summed E-state index contributed by atoms with van der Waals surface area (Å²) >= 11 is 6.10. The molecule has 0 unspecified atom stereocenters. The van der Waals surface area contributed by atoms with Crippen molar-refractivity contribution < 1.29 is 14.3 Å². The van der Waals surface area contributed by atoms with Crippen molar-refractivity contribution in [2.45, 2.75) is 13.3 Å². The van der Waals surface area contributed by atoms with Crippen LogP contribution in [0.5, 0.6) is 5.75 Å². The van der Waals surface area contributed by atoms with Gasteiger partial charge in [0.2, 0.25) is 0 Å². The lowest BCUT2D eigenvalue weighted by molar-refractivity contribution is 0.0948. The van der Waals surface area contributed by atoms with Gasteiger partial charge in [0.05, 0.1) is 11.6 Å². The van der Waals surface area contributed by atoms with E-state index in [1.165, 1.54) is 0 Å². The van der Waals surface area contributed by atoms with Crippen LogP contribution in [0.4, 0.5) is 0 Å². The summed E-state index contributed by atoms with van der Waals surface area (Å²) in [5.41, 5.74) is 1.92. The van der Waals surface area contributed by atoms with E-state index in [0.29, 0.717) is 48.1 Å². The van der Waals surface area contributed by atoms with E-state index in [1.807, 2.05) is 37.3 Å². The van der Waals surface area contributed by atoms with Crippen LogP contribution in [0, 0.1) is 0 Å². The molecule has 0 fully saturated rings. The van der Waals surface area contributed by atoms with Gasteiger partial charge in [0.15, 0.2) is 0 Å². The first-order valence-electron chi connectivity index (χ1n) is 9.15. The first-order valence-corrected chi connectivity index (χ1v) is 9.52. The van der Waals surface area contributed by atoms with Gasteiger partial charge in [-0.3, -0.25) is 9.59 Å². The minimum absolute atomic E-state index is 0.166. The minimum Gasteiger partial charge on any atom is -0.492 e. The predicted molar refractivity (Wildman–Crippen MR) is 110 cm³/mol. The summed E-state index contributed by atoms with van der Waals surface area (Å²) in [5, 5.41) is 7.06. The second kappa shape index (κ2) is 9.28. The summed E-state index contributed by atoms with van der Waals surface area (Å²) in [6, 6.07) is 14.5. The molecule has 3 rings (SSSR count). The van der Waals surface area contributed by atoms with E-state index in [0.717, 1.165) is 10.9 Å². The van der Waals surface area contributed by atoms with Crippen molar-refractivity contribution in [2.75, 3.05) is 19.7 Å². The quantitative estimate of drug-likeness (QED) is 0.504. The third-order valence-corrected chi connectivity index (χ3v) is 4.49. The van der Waals surface area contributed by atoms with E-state index < -0.39 is 0 Å². The molecule has 1 aromatic heterocycles. The van der Waals surface area contributed by atoms with Gasteiger partial charge in [-0.05, 0) is 43.7 Å². The third-order valence-electron chi connectivity index (χ3n) is 4.19. The number of fused-ring (bicyclic) bond motifs is 1. The molecular weight excluding hydrogens is 378 g/mol. The Balaban J connectivity index is 1.42. The topological polar surface area (TPSA) is 83.2 Å². The molecule has 0 saturated carbocycles. The van der Waals surface area contributed by atoms with Gasteiger partial charge in [0.25, 0.3) is 11.8 Å². The number of H-pyrrole nitrogens is 1. The molecule has 7 heteroatoms. The van der Waals surface area contributed by atoms with E-state index in [2.05, 4.69) is 15.6 Å². The molecule has 0 bridgehead atoms. The average Bonchev–Trinajstić information content (AvgIpc) is 3.13. The van der Waals surface area contributed by atoms with Crippen molar-refractivity contribution >= 4 is 34.3 Å². The molecule has 0 atom stereocenters. The number of carbonyl (C=O) groups excluding carboxylic acids is 2. The lowest BCUT2D eigenvalue weighted by atomic mass is 10.2. The summed E-state index contributed by atoms with van der Waals surface area (Å²) in [5.74, 6) is 0.174. The number of aromatic amines is 1. The highest BCUT2D eigenvalue weighted by molar-refractivity contribution is 6.32. The van der Waals surface area contributed by atoms with E-state index in [1.54, 1.807) is 18.2 Å². The van der Waals surface area contributed by atoms with Crippen molar-refractivity contribution in [3.8, 4) is 5.75 Å². The van der Waals surface area contributed by atoms with Crippen LogP contribution in [0.3, 0.4) is 0 Å². The van der Waals surface area contributed by atoms with E-state index in [9.17, 15) is 9.59 Å². The Labute approximate surface area is 168 Å². The smallest absolute Gasteiger partial charge is 0.267 e. The number of para-hydroxylation sites is 1. The second-order valence-electron chi connectivity index (χ2n) is 6.21. The minimum atomic E-state index is -0.216. The highest BCUT2D eigenvalue weighted by Gasteiger charge is 2.10. The summed E-state index contributed by atoms with van der Waals surface area (Å²) in [7, 11) is 0. The molecule has 0 aliphatic heterocycles. The maximum atomic E-state index is 12.2. The van der Waals surface area contributed by atoms with Gasteiger partial charge in [0, 0.05) is 29.6 Å². The molecule has 6 nitrogen and oxygen atoms in total. The first-order chi connectivity index (χ1) is 13.6. The van der Waals surface area contributed by atoms with E-state index in [-0.39, 0.29) is 11.8 Å². The predicted octanol–water partition coefficient (Wildman–Crippen LogP) is 3.77. The van der Waals surface area contributed by atoms with Gasteiger partial charge in [0.1, 0.15) is 11.4 Å². The largest absolute Gasteiger partial charge is 0.492 e. The van der Waals surface area contributed by atoms with Crippen LogP contribution in [0.2, 0.25) is 5.02 Å². The van der Waals surface area contributed by atoms with Crippen LogP contribution in [-0.2, 0) is 0 Å². The molecule has 2 amide bonds. The Morgan fingerprint density at radius 2 is 1.79 bits per heavy atom. The van der Waals surface area contributed by atoms with E-state index in [4.69, 9.17) is 16.3 Å². The van der Waals surface area contributed by atoms with Crippen LogP contribution < -0.4 is 15.4 Å². The number of hydrogen-bond acceptors (Lipinski definition) is 3. The molecule has 2 aromatic carbocycles. The van der Waals surface area contributed by atoms with Crippen LogP contribution >= 0.6 is 11.6 Å². The monoisotopic (exact) mass is 399 g/mol. The Kier molecular flexibility index (Phi) is 6.55. The van der Waals surface area contributed by atoms with Crippen molar-refractivity contribution in [3.05, 3.63) is 64.8 Å². The lowest BCUT2D eigenvalue weighted by Crippen LogP contribution is -2.30. The normalized spacial score (nSPS) is 10.6. The van der Waals surface area contributed by atoms with Crippen molar-refractivity contribution in [3.63, 3.8) is 0 Å². The zero-order valence-electron chi connectivity index (χ0n) is 15.5. The maximum absolute atomic E-state index is 12.2. The lowest BCUT2D eigenvalue weighted by Gasteiger charge is -2.09. The Hall–Kier alpha value is -2.99. The van der Waals surface area contributed by atoms with Gasteiger partial charge in [-0.25, -0.2) is 0 Å². The fourth-order valence-electron chi connectivity index (χ4n) is 2.80. The zero-order valence-corrected chi connectivity index (χ0v) is 16.3. The summed E-state index contributed by atoms with van der Waals surface area (Å²) in [6.45, 7) is 3.28. The SMILES string of the molecule is CCOc1ccc(C(=O)NCCCNC(=O)c2cc3ccccc3[nH]2)cc1Cl. The Morgan fingerprint density at radius 3 is 2.50 bits per heavy atom. The maximum Gasteiger partial charge on any atom is 0.267 e. The molecule has 28 heavy (non-hydrogen) atoms. The van der Waals surface area contributed by atoms with Gasteiger partial charge >= 0.3 is 0 Å². The van der Waals surface area contributed by atoms with Crippen molar-refractivity contribution in [1.29, 1.82) is 0 Å². The number of ether oxygens (including phenoxy) is 1. The summed E-state index contributed by atoms with van der Waals surface area (Å²) in [4.78, 5) is 27.5. The number of halogens is 1. The molecule has 146 valence electrons. The number of hydrogen-bond donors (Lipinski definition) is 3. The Bertz CT molecular complexity index is 951. The fourth-order valence-corrected chi connectivity index (χ4v) is 3.03. The molecule has 0 aliphatic rings. The third kappa shape index (κ3) is 4.84. The summed E-state index contributed by atoms with van der Waals surface area (Å²) < 4.78 is 5.36. The molecule has 3 aromatic rings. The summed E-state index contributed by atoms with van der Waals surface area (Å²) in [6.07, 6.45) is 0.614. The average molecular weight is 400 g/mol. The highest BCUT2D eigenvalue weighted by atomic mass is 35.5. The second-order valence-corrected chi connectivity index (χ2v) is 6.62. The van der Waals surface area contributed by atoms with Gasteiger partial charge in [-0.2, -0.15) is 0 Å². The molecule has 0 saturated heterocycles. The molecule has 0 spiro atoms. The molecule has 1 heterocycles. The molecular formula is C21H22ClN3O3. The van der Waals surface area contributed by atoms with Crippen LogP contribution in [-0.4, -0.2) is 36.5 Å². The number of amides is 2. The molecule has 3 N–H and O–H groups in total. The number of rotatable bonds is 8. The van der Waals surface area contributed by atoms with Crippen molar-refractivity contribution in [1.82, 2.24) is 15.6 Å². The number of aromatic nitrogens is 1. The highest BCUT2D eigenvalue weighted by Crippen LogP contribution is 2.25. The number of carbonyl (C=O) groups is 2. The first kappa shape index (κ1) is 19.8. The van der Waals surface area contributed by atoms with Crippen molar-refractivity contribution in [2.24, 2.45) is 0 Å². The van der Waals surface area contributed by atoms with Crippen LogP contribution in [0.1, 0.15) is 34.2 Å². The molecule has 0 aliphatic carbocycles. The number of benzene rings is 2. The Morgan fingerprint density at radius 1 is 1.04 bits per heavy atom. The van der Waals surface area contributed by atoms with Crippen LogP contribution in [0.25, 0.3) is 10.9 Å². The van der Waals surface area contributed by atoms with Gasteiger partial charge in [-0.15, -0.1) is 0 Å². The number of nitrogens with one attached hydrogen (secondary N) is 3. The van der Waals surface area contributed by atoms with Gasteiger partial charge in [-0.1, -0.05) is 29.8 Å². The fraction of sp³-hybridized carbons (Fsp3) is 0.238.